The summed E-state index contributed by atoms with van der Waals surface area (Å²) < 4.78 is 1.52. The Morgan fingerprint density at radius 3 is 2.91 bits per heavy atom. The number of para-hydroxylation sites is 1. The third kappa shape index (κ3) is 3.55. The summed E-state index contributed by atoms with van der Waals surface area (Å²) in [4.78, 5) is 19.8. The lowest BCUT2D eigenvalue weighted by molar-refractivity contribution is 0.857. The van der Waals surface area contributed by atoms with Crippen LogP contribution in [-0.4, -0.2) is 21.1 Å². The normalized spacial score (nSPS) is 10.1. The van der Waals surface area contributed by atoms with Crippen LogP contribution in [0, 0.1) is 11.8 Å². The van der Waals surface area contributed by atoms with Gasteiger partial charge in [0.2, 0.25) is 5.56 Å². The van der Waals surface area contributed by atoms with Gasteiger partial charge < -0.3 is 9.88 Å². The second kappa shape index (κ2) is 6.75. The second-order valence-electron chi connectivity index (χ2n) is 5.08. The summed E-state index contributed by atoms with van der Waals surface area (Å²) in [7, 11) is 1.72. The molecule has 0 spiro atoms. The molecule has 0 amide bonds. The highest BCUT2D eigenvalue weighted by Gasteiger charge is 2.00. The molecule has 0 aliphatic heterocycles. The van der Waals surface area contributed by atoms with E-state index in [1.165, 1.54) is 10.6 Å². The first kappa shape index (κ1) is 14.8. The summed E-state index contributed by atoms with van der Waals surface area (Å²) in [6.45, 7) is 0.694. The van der Waals surface area contributed by atoms with E-state index in [2.05, 4.69) is 27.1 Å². The van der Waals surface area contributed by atoms with E-state index in [-0.39, 0.29) is 5.56 Å². The SMILES string of the molecule is Cn1cc(C#CCCNc2ncnc3ccccc23)ccc1=O. The molecule has 5 nitrogen and oxygen atoms in total. The Balaban J connectivity index is 1.62. The van der Waals surface area contributed by atoms with Crippen LogP contribution in [0.25, 0.3) is 10.9 Å². The molecule has 0 atom stereocenters. The van der Waals surface area contributed by atoms with E-state index >= 15 is 0 Å². The first-order valence-corrected chi connectivity index (χ1v) is 7.33. The van der Waals surface area contributed by atoms with Gasteiger partial charge in [-0.1, -0.05) is 24.0 Å². The number of nitrogens with one attached hydrogen (secondary N) is 1. The van der Waals surface area contributed by atoms with Gasteiger partial charge in [-0.05, 0) is 18.2 Å². The molecule has 5 heteroatoms. The van der Waals surface area contributed by atoms with Crippen LogP contribution in [-0.2, 0) is 7.05 Å². The molecule has 1 N–H and O–H groups in total. The number of rotatable bonds is 3. The van der Waals surface area contributed by atoms with Crippen molar-refractivity contribution in [3.63, 3.8) is 0 Å². The van der Waals surface area contributed by atoms with Crippen LogP contribution in [0.1, 0.15) is 12.0 Å². The number of benzene rings is 1. The van der Waals surface area contributed by atoms with Crippen molar-refractivity contribution < 1.29 is 0 Å². The summed E-state index contributed by atoms with van der Waals surface area (Å²) in [5.74, 6) is 6.97. The van der Waals surface area contributed by atoms with Crippen molar-refractivity contribution in [2.75, 3.05) is 11.9 Å². The Morgan fingerprint density at radius 1 is 1.17 bits per heavy atom. The summed E-state index contributed by atoms with van der Waals surface area (Å²) >= 11 is 0. The molecule has 0 unspecified atom stereocenters. The van der Waals surface area contributed by atoms with Gasteiger partial charge in [0.15, 0.2) is 0 Å². The number of aromatic nitrogens is 3. The van der Waals surface area contributed by atoms with Gasteiger partial charge in [0, 0.05) is 43.2 Å². The van der Waals surface area contributed by atoms with E-state index in [0.29, 0.717) is 13.0 Å². The van der Waals surface area contributed by atoms with Gasteiger partial charge in [0.05, 0.1) is 5.52 Å². The van der Waals surface area contributed by atoms with Crippen molar-refractivity contribution in [3.8, 4) is 11.8 Å². The number of pyridine rings is 1. The van der Waals surface area contributed by atoms with Gasteiger partial charge in [0.1, 0.15) is 12.1 Å². The third-order valence-electron chi connectivity index (χ3n) is 3.40. The fourth-order valence-electron chi connectivity index (χ4n) is 2.22. The molecule has 114 valence electrons. The van der Waals surface area contributed by atoms with Gasteiger partial charge in [-0.3, -0.25) is 4.79 Å². The first-order chi connectivity index (χ1) is 11.2. The summed E-state index contributed by atoms with van der Waals surface area (Å²) in [5.41, 5.74) is 1.72. The fraction of sp³-hybridized carbons (Fsp3) is 0.167. The lowest BCUT2D eigenvalue weighted by atomic mass is 10.2. The number of nitrogens with zero attached hydrogens (tertiary/aromatic N) is 3. The zero-order valence-corrected chi connectivity index (χ0v) is 12.8. The molecule has 0 fully saturated rings. The molecule has 0 saturated heterocycles. The molecule has 3 rings (SSSR count). The molecule has 1 aromatic carbocycles. The standard InChI is InChI=1S/C18H16N4O/c1-22-12-14(9-10-17(22)23)6-4-5-11-19-18-15-7-2-3-8-16(15)20-13-21-18/h2-3,7-10,12-13H,5,11H2,1H3,(H,19,20,21). The van der Waals surface area contributed by atoms with Crippen LogP contribution in [0.15, 0.2) is 53.7 Å². The quantitative estimate of drug-likeness (QED) is 0.595. The van der Waals surface area contributed by atoms with Crippen molar-refractivity contribution in [1.29, 1.82) is 0 Å². The Labute approximate surface area is 134 Å². The minimum Gasteiger partial charge on any atom is -0.368 e. The second-order valence-corrected chi connectivity index (χ2v) is 5.08. The average molecular weight is 304 g/mol. The summed E-state index contributed by atoms with van der Waals surface area (Å²) in [5, 5.41) is 4.29. The minimum atomic E-state index is -0.0344. The largest absolute Gasteiger partial charge is 0.368 e. The van der Waals surface area contributed by atoms with Crippen LogP contribution >= 0.6 is 0 Å². The highest BCUT2D eigenvalue weighted by molar-refractivity contribution is 5.88. The Morgan fingerprint density at radius 2 is 2.04 bits per heavy atom. The number of anilines is 1. The summed E-state index contributed by atoms with van der Waals surface area (Å²) in [6, 6.07) is 11.1. The van der Waals surface area contributed by atoms with E-state index in [4.69, 9.17) is 0 Å². The maximum atomic E-state index is 11.3. The van der Waals surface area contributed by atoms with Gasteiger partial charge in [-0.2, -0.15) is 0 Å². The topological polar surface area (TPSA) is 59.8 Å². The lowest BCUT2D eigenvalue weighted by Crippen LogP contribution is -2.14. The van der Waals surface area contributed by atoms with Crippen molar-refractivity contribution in [1.82, 2.24) is 14.5 Å². The number of fused-ring (bicyclic) bond motifs is 1. The van der Waals surface area contributed by atoms with Crippen molar-refractivity contribution in [3.05, 3.63) is 64.8 Å². The van der Waals surface area contributed by atoms with Gasteiger partial charge in [-0.25, -0.2) is 9.97 Å². The molecule has 23 heavy (non-hydrogen) atoms. The van der Waals surface area contributed by atoms with Crippen LogP contribution in [0.3, 0.4) is 0 Å². The molecule has 0 saturated carbocycles. The minimum absolute atomic E-state index is 0.0344. The first-order valence-electron chi connectivity index (χ1n) is 7.33. The van der Waals surface area contributed by atoms with E-state index in [9.17, 15) is 4.79 Å². The zero-order chi connectivity index (χ0) is 16.1. The average Bonchev–Trinajstić information content (AvgIpc) is 2.58. The van der Waals surface area contributed by atoms with E-state index < -0.39 is 0 Å². The lowest BCUT2D eigenvalue weighted by Gasteiger charge is -2.05. The van der Waals surface area contributed by atoms with Crippen LogP contribution in [0.4, 0.5) is 5.82 Å². The highest BCUT2D eigenvalue weighted by atomic mass is 16.1. The number of aryl methyl sites for hydroxylation is 1. The maximum absolute atomic E-state index is 11.3. The zero-order valence-electron chi connectivity index (χ0n) is 12.8. The van der Waals surface area contributed by atoms with Crippen molar-refractivity contribution in [2.24, 2.45) is 7.05 Å². The molecule has 0 aliphatic rings. The predicted molar refractivity (Wildman–Crippen MR) is 91.2 cm³/mol. The smallest absolute Gasteiger partial charge is 0.250 e. The van der Waals surface area contributed by atoms with Gasteiger partial charge >= 0.3 is 0 Å². The van der Waals surface area contributed by atoms with Gasteiger partial charge in [-0.15, -0.1) is 0 Å². The Bertz CT molecular complexity index is 945. The predicted octanol–water partition coefficient (Wildman–Crippen LogP) is 2.18. The van der Waals surface area contributed by atoms with E-state index in [1.54, 1.807) is 25.6 Å². The molecule has 2 heterocycles. The van der Waals surface area contributed by atoms with Crippen LogP contribution in [0.2, 0.25) is 0 Å². The van der Waals surface area contributed by atoms with Crippen molar-refractivity contribution in [2.45, 2.75) is 6.42 Å². The Kier molecular flexibility index (Phi) is 4.34. The maximum Gasteiger partial charge on any atom is 0.250 e. The molecule has 0 aliphatic carbocycles. The molecule has 3 aromatic rings. The molecule has 0 radical (unpaired) electrons. The van der Waals surface area contributed by atoms with Crippen molar-refractivity contribution >= 4 is 16.7 Å². The fourth-order valence-corrected chi connectivity index (χ4v) is 2.22. The molecule has 0 bridgehead atoms. The number of hydrogen-bond acceptors (Lipinski definition) is 4. The van der Waals surface area contributed by atoms with Crippen LogP contribution < -0.4 is 10.9 Å². The monoisotopic (exact) mass is 304 g/mol. The number of hydrogen-bond donors (Lipinski definition) is 1. The third-order valence-corrected chi connectivity index (χ3v) is 3.40. The van der Waals surface area contributed by atoms with E-state index in [1.807, 2.05) is 24.3 Å². The Hall–Kier alpha value is -3.13. The summed E-state index contributed by atoms with van der Waals surface area (Å²) in [6.07, 6.45) is 3.97. The molecule has 2 aromatic heterocycles. The van der Waals surface area contributed by atoms with Gasteiger partial charge in [0.25, 0.3) is 0 Å². The molecular formula is C18H16N4O. The van der Waals surface area contributed by atoms with Crippen LogP contribution in [0.5, 0.6) is 0 Å². The molecular weight excluding hydrogens is 288 g/mol. The highest BCUT2D eigenvalue weighted by Crippen LogP contribution is 2.17. The van der Waals surface area contributed by atoms with E-state index in [0.717, 1.165) is 22.3 Å².